The third-order valence-electron chi connectivity index (χ3n) is 4.38. The Balaban J connectivity index is 2.02. The number of hydrogen-bond acceptors (Lipinski definition) is 3. The summed E-state index contributed by atoms with van der Waals surface area (Å²) in [5.41, 5.74) is 0.918. The zero-order valence-electron chi connectivity index (χ0n) is 16.4. The van der Waals surface area contributed by atoms with Gasteiger partial charge >= 0.3 is 0 Å². The van der Waals surface area contributed by atoms with Gasteiger partial charge in [-0.1, -0.05) is 57.2 Å². The number of rotatable bonds is 14. The number of hydrogen-bond donors (Lipinski definition) is 2. The van der Waals surface area contributed by atoms with E-state index in [2.05, 4.69) is 24.4 Å². The van der Waals surface area contributed by atoms with Crippen molar-refractivity contribution in [2.24, 2.45) is 0 Å². The van der Waals surface area contributed by atoms with E-state index in [1.54, 1.807) is 18.2 Å². The molecule has 1 aromatic carbocycles. The lowest BCUT2D eigenvalue weighted by Crippen LogP contribution is -2.22. The minimum absolute atomic E-state index is 0.0816. The molecule has 1 aromatic rings. The maximum absolute atomic E-state index is 11.9. The quantitative estimate of drug-likeness (QED) is 0.340. The van der Waals surface area contributed by atoms with E-state index in [4.69, 9.17) is 4.74 Å². The normalized spacial score (nSPS) is 11.0. The smallest absolute Gasteiger partial charge is 0.220 e. The molecule has 0 saturated heterocycles. The molecule has 0 spiro atoms. The van der Waals surface area contributed by atoms with Crippen LogP contribution in [-0.4, -0.2) is 18.1 Å². The number of methoxy groups -OCH3 is 1. The molecule has 4 heteroatoms. The number of ether oxygens (including phenoxy) is 1. The van der Waals surface area contributed by atoms with Crippen LogP contribution in [0.15, 0.2) is 30.4 Å². The molecular formula is C22H35NO3. The third kappa shape index (κ3) is 10.1. The number of phenolic OH excluding ortho intramolecular Hbond substituents is 1. The number of unbranched alkanes of at least 4 members (excludes halogenated alkanes) is 7. The standard InChI is InChI=1S/C22H35NO3/c1-3-4-5-6-7-8-9-10-11-12-13-14-22(25)23-18-19-15-16-20(24)21(17-19)26-2/h5-6,15-17,24H,3-4,7-14,18H2,1-2H3,(H,23,25)/b6-5-. The fourth-order valence-corrected chi connectivity index (χ4v) is 2.78. The van der Waals surface area contributed by atoms with Crippen molar-refractivity contribution in [3.8, 4) is 11.5 Å². The van der Waals surface area contributed by atoms with E-state index in [0.717, 1.165) is 18.4 Å². The van der Waals surface area contributed by atoms with E-state index in [1.165, 1.54) is 52.1 Å². The Morgan fingerprint density at radius 3 is 2.50 bits per heavy atom. The first-order valence-corrected chi connectivity index (χ1v) is 9.95. The summed E-state index contributed by atoms with van der Waals surface area (Å²) in [6, 6.07) is 5.11. The second kappa shape index (κ2) is 14.2. The summed E-state index contributed by atoms with van der Waals surface area (Å²) >= 11 is 0. The molecule has 0 bridgehead atoms. The number of allylic oxidation sites excluding steroid dienone is 2. The molecule has 0 aliphatic heterocycles. The van der Waals surface area contributed by atoms with E-state index in [9.17, 15) is 9.90 Å². The van der Waals surface area contributed by atoms with Crippen molar-refractivity contribution in [1.82, 2.24) is 5.32 Å². The van der Waals surface area contributed by atoms with Crippen LogP contribution in [0.25, 0.3) is 0 Å². The van der Waals surface area contributed by atoms with Crippen LogP contribution >= 0.6 is 0 Å². The van der Waals surface area contributed by atoms with Crippen molar-refractivity contribution in [3.63, 3.8) is 0 Å². The Morgan fingerprint density at radius 1 is 1.08 bits per heavy atom. The minimum atomic E-state index is 0.0816. The van der Waals surface area contributed by atoms with Crippen molar-refractivity contribution in [3.05, 3.63) is 35.9 Å². The van der Waals surface area contributed by atoms with Crippen LogP contribution in [0.5, 0.6) is 11.5 Å². The highest BCUT2D eigenvalue weighted by atomic mass is 16.5. The third-order valence-corrected chi connectivity index (χ3v) is 4.38. The number of amides is 1. The highest BCUT2D eigenvalue weighted by Gasteiger charge is 2.05. The van der Waals surface area contributed by atoms with Gasteiger partial charge in [0.05, 0.1) is 7.11 Å². The average molecular weight is 362 g/mol. The van der Waals surface area contributed by atoms with Gasteiger partial charge in [0.25, 0.3) is 0 Å². The Hall–Kier alpha value is -1.97. The molecular weight excluding hydrogens is 326 g/mol. The number of aromatic hydroxyl groups is 1. The summed E-state index contributed by atoms with van der Waals surface area (Å²) in [4.78, 5) is 11.9. The molecule has 146 valence electrons. The van der Waals surface area contributed by atoms with Gasteiger partial charge in [-0.15, -0.1) is 0 Å². The fourth-order valence-electron chi connectivity index (χ4n) is 2.78. The highest BCUT2D eigenvalue weighted by molar-refractivity contribution is 5.75. The molecule has 26 heavy (non-hydrogen) atoms. The van der Waals surface area contributed by atoms with Crippen molar-refractivity contribution < 1.29 is 14.6 Å². The van der Waals surface area contributed by atoms with Gasteiger partial charge in [-0.3, -0.25) is 4.79 Å². The van der Waals surface area contributed by atoms with Gasteiger partial charge < -0.3 is 15.2 Å². The first kappa shape index (κ1) is 22.1. The second-order valence-corrected chi connectivity index (χ2v) is 6.70. The van der Waals surface area contributed by atoms with Crippen molar-refractivity contribution in [2.75, 3.05) is 7.11 Å². The van der Waals surface area contributed by atoms with Crippen LogP contribution in [-0.2, 0) is 11.3 Å². The van der Waals surface area contributed by atoms with Gasteiger partial charge in [0, 0.05) is 13.0 Å². The van der Waals surface area contributed by atoms with E-state index in [0.29, 0.717) is 18.7 Å². The number of nitrogens with one attached hydrogen (secondary N) is 1. The van der Waals surface area contributed by atoms with Crippen LogP contribution in [0, 0.1) is 0 Å². The molecule has 1 rings (SSSR count). The van der Waals surface area contributed by atoms with E-state index < -0.39 is 0 Å². The first-order chi connectivity index (χ1) is 12.7. The predicted octanol–water partition coefficient (Wildman–Crippen LogP) is 5.49. The van der Waals surface area contributed by atoms with Crippen LogP contribution in [0.2, 0.25) is 0 Å². The summed E-state index contributed by atoms with van der Waals surface area (Å²) in [5.74, 6) is 0.621. The molecule has 1 amide bonds. The first-order valence-electron chi connectivity index (χ1n) is 9.95. The van der Waals surface area contributed by atoms with Crippen LogP contribution in [0.3, 0.4) is 0 Å². The maximum atomic E-state index is 11.9. The predicted molar refractivity (Wildman–Crippen MR) is 107 cm³/mol. The van der Waals surface area contributed by atoms with E-state index in [1.807, 2.05) is 0 Å². The number of benzene rings is 1. The Labute approximate surface area is 158 Å². The van der Waals surface area contributed by atoms with Gasteiger partial charge in [0.2, 0.25) is 5.91 Å². The summed E-state index contributed by atoms with van der Waals surface area (Å²) < 4.78 is 5.07. The summed E-state index contributed by atoms with van der Waals surface area (Å²) in [6.07, 6.45) is 15.9. The molecule has 0 heterocycles. The second-order valence-electron chi connectivity index (χ2n) is 6.70. The summed E-state index contributed by atoms with van der Waals surface area (Å²) in [7, 11) is 1.51. The van der Waals surface area contributed by atoms with Gasteiger partial charge in [-0.2, -0.15) is 0 Å². The molecule has 0 unspecified atom stereocenters. The number of carbonyl (C=O) groups excluding carboxylic acids is 1. The molecule has 0 radical (unpaired) electrons. The lowest BCUT2D eigenvalue weighted by Gasteiger charge is -2.08. The van der Waals surface area contributed by atoms with Gasteiger partial charge in [-0.25, -0.2) is 0 Å². The monoisotopic (exact) mass is 361 g/mol. The van der Waals surface area contributed by atoms with E-state index in [-0.39, 0.29) is 11.7 Å². The van der Waals surface area contributed by atoms with Crippen LogP contribution in [0.1, 0.15) is 76.7 Å². The van der Waals surface area contributed by atoms with Crippen molar-refractivity contribution >= 4 is 5.91 Å². The zero-order valence-corrected chi connectivity index (χ0v) is 16.4. The summed E-state index contributed by atoms with van der Waals surface area (Å²) in [5, 5.41) is 12.5. The molecule has 0 saturated carbocycles. The lowest BCUT2D eigenvalue weighted by molar-refractivity contribution is -0.121. The van der Waals surface area contributed by atoms with Crippen molar-refractivity contribution in [2.45, 2.75) is 77.7 Å². The van der Waals surface area contributed by atoms with Gasteiger partial charge in [0.15, 0.2) is 11.5 Å². The minimum Gasteiger partial charge on any atom is -0.504 e. The zero-order chi connectivity index (χ0) is 19.0. The molecule has 2 N–H and O–H groups in total. The lowest BCUT2D eigenvalue weighted by atomic mass is 10.1. The van der Waals surface area contributed by atoms with Gasteiger partial charge in [0.1, 0.15) is 0 Å². The molecule has 0 aromatic heterocycles. The molecule has 0 atom stereocenters. The Bertz CT molecular complexity index is 540. The molecule has 0 aliphatic rings. The van der Waals surface area contributed by atoms with Gasteiger partial charge in [-0.05, 0) is 43.4 Å². The molecule has 0 fully saturated rings. The average Bonchev–Trinajstić information content (AvgIpc) is 2.65. The summed E-state index contributed by atoms with van der Waals surface area (Å²) in [6.45, 7) is 2.66. The Kier molecular flexibility index (Phi) is 12.1. The number of carbonyl (C=O) groups is 1. The van der Waals surface area contributed by atoms with E-state index >= 15 is 0 Å². The van der Waals surface area contributed by atoms with Crippen LogP contribution in [0.4, 0.5) is 0 Å². The fraction of sp³-hybridized carbons (Fsp3) is 0.591. The topological polar surface area (TPSA) is 58.6 Å². The SMILES string of the molecule is CCC/C=C\CCCCCCCCC(=O)NCc1ccc(O)c(OC)c1. The van der Waals surface area contributed by atoms with Crippen LogP contribution < -0.4 is 10.1 Å². The molecule has 0 aliphatic carbocycles. The largest absolute Gasteiger partial charge is 0.504 e. The maximum Gasteiger partial charge on any atom is 0.220 e. The number of phenols is 1. The van der Waals surface area contributed by atoms with Crippen molar-refractivity contribution in [1.29, 1.82) is 0 Å². The highest BCUT2D eigenvalue weighted by Crippen LogP contribution is 2.26. The Morgan fingerprint density at radius 2 is 1.77 bits per heavy atom. The molecule has 4 nitrogen and oxygen atoms in total.